The number of amides is 2. The first-order valence-corrected chi connectivity index (χ1v) is 12.2. The fourth-order valence-electron chi connectivity index (χ4n) is 4.37. The average Bonchev–Trinajstić information content (AvgIpc) is 2.88. The lowest BCUT2D eigenvalue weighted by Gasteiger charge is -2.34. The first-order valence-electron chi connectivity index (χ1n) is 11.9. The molecule has 0 bridgehead atoms. The number of allylic oxidation sites excluding steroid dienone is 1. The zero-order chi connectivity index (χ0) is 26.5. The lowest BCUT2D eigenvalue weighted by Crippen LogP contribution is -2.38. The van der Waals surface area contributed by atoms with E-state index < -0.39 is 11.9 Å². The van der Waals surface area contributed by atoms with E-state index in [4.69, 9.17) is 16.3 Å². The number of anilines is 1. The molecule has 190 valence electrons. The van der Waals surface area contributed by atoms with E-state index in [1.165, 1.54) is 24.3 Å². The highest BCUT2D eigenvalue weighted by molar-refractivity contribution is 6.30. The van der Waals surface area contributed by atoms with E-state index in [-0.39, 0.29) is 37.2 Å². The summed E-state index contributed by atoms with van der Waals surface area (Å²) < 4.78 is 18.4. The van der Waals surface area contributed by atoms with Gasteiger partial charge in [-0.15, -0.1) is 0 Å². The van der Waals surface area contributed by atoms with Gasteiger partial charge < -0.3 is 15.0 Å². The Hall–Kier alpha value is -3.97. The zero-order valence-corrected chi connectivity index (χ0v) is 21.2. The molecule has 1 unspecified atom stereocenters. The van der Waals surface area contributed by atoms with Gasteiger partial charge in [-0.05, 0) is 73.5 Å². The summed E-state index contributed by atoms with van der Waals surface area (Å²) in [6, 6.07) is 19.5. The second-order valence-electron chi connectivity index (χ2n) is 8.67. The van der Waals surface area contributed by atoms with Crippen molar-refractivity contribution in [3.8, 4) is 0 Å². The van der Waals surface area contributed by atoms with Crippen LogP contribution in [0, 0.1) is 5.82 Å². The van der Waals surface area contributed by atoms with E-state index in [2.05, 4.69) is 5.32 Å². The Kier molecular flexibility index (Phi) is 8.04. The summed E-state index contributed by atoms with van der Waals surface area (Å²) in [7, 11) is 0. The van der Waals surface area contributed by atoms with Crippen LogP contribution in [0.3, 0.4) is 0 Å². The molecule has 4 rings (SSSR count). The SMILES string of the molecule is CCOC(=O)C1=C(C)N(Cc2ccc(C(=O)Nc3ccc(F)cc3)cc2)C(=O)CC1c1cccc(Cl)c1. The molecule has 2 amide bonds. The van der Waals surface area contributed by atoms with Crippen molar-refractivity contribution >= 4 is 35.1 Å². The summed E-state index contributed by atoms with van der Waals surface area (Å²) in [5.74, 6) is -1.77. The van der Waals surface area contributed by atoms with Gasteiger partial charge in [0.2, 0.25) is 5.91 Å². The molecule has 0 saturated heterocycles. The van der Waals surface area contributed by atoms with Crippen molar-refractivity contribution in [2.24, 2.45) is 0 Å². The highest BCUT2D eigenvalue weighted by Crippen LogP contribution is 2.38. The van der Waals surface area contributed by atoms with Gasteiger partial charge in [0.1, 0.15) is 5.82 Å². The number of nitrogens with zero attached hydrogens (tertiary/aromatic N) is 1. The summed E-state index contributed by atoms with van der Waals surface area (Å²) in [6.07, 6.45) is 0.101. The summed E-state index contributed by atoms with van der Waals surface area (Å²) >= 11 is 6.18. The van der Waals surface area contributed by atoms with E-state index in [1.54, 1.807) is 61.2 Å². The Morgan fingerprint density at radius 2 is 1.78 bits per heavy atom. The number of hydrogen-bond donors (Lipinski definition) is 1. The third kappa shape index (κ3) is 6.06. The fourth-order valence-corrected chi connectivity index (χ4v) is 4.56. The molecule has 0 fully saturated rings. The molecule has 1 N–H and O–H groups in total. The van der Waals surface area contributed by atoms with Gasteiger partial charge in [-0.2, -0.15) is 0 Å². The molecule has 6 nitrogen and oxygen atoms in total. The summed E-state index contributed by atoms with van der Waals surface area (Å²) in [6.45, 7) is 3.93. The molecule has 0 spiro atoms. The normalized spacial score (nSPS) is 15.5. The second-order valence-corrected chi connectivity index (χ2v) is 9.11. The van der Waals surface area contributed by atoms with Gasteiger partial charge >= 0.3 is 5.97 Å². The first-order chi connectivity index (χ1) is 17.8. The van der Waals surface area contributed by atoms with Crippen LogP contribution in [-0.2, 0) is 20.9 Å². The quantitative estimate of drug-likeness (QED) is 0.383. The summed E-state index contributed by atoms with van der Waals surface area (Å²) in [5, 5.41) is 3.24. The van der Waals surface area contributed by atoms with Gasteiger partial charge in [-0.3, -0.25) is 9.59 Å². The molecule has 0 aromatic heterocycles. The molecule has 1 atom stereocenters. The highest BCUT2D eigenvalue weighted by Gasteiger charge is 2.37. The predicted octanol–water partition coefficient (Wildman–Crippen LogP) is 6.08. The highest BCUT2D eigenvalue weighted by atomic mass is 35.5. The molecule has 8 heteroatoms. The van der Waals surface area contributed by atoms with Crippen LogP contribution in [0.15, 0.2) is 84.1 Å². The maximum atomic E-state index is 13.2. The Bertz CT molecular complexity index is 1350. The van der Waals surface area contributed by atoms with Crippen molar-refractivity contribution < 1.29 is 23.5 Å². The maximum Gasteiger partial charge on any atom is 0.336 e. The molecule has 1 aliphatic rings. The molecule has 3 aromatic rings. The molecule has 37 heavy (non-hydrogen) atoms. The molecule has 3 aromatic carbocycles. The molecule has 0 aliphatic carbocycles. The van der Waals surface area contributed by atoms with E-state index in [9.17, 15) is 18.8 Å². The Balaban J connectivity index is 1.56. The van der Waals surface area contributed by atoms with E-state index >= 15 is 0 Å². The topological polar surface area (TPSA) is 75.7 Å². The van der Waals surface area contributed by atoms with Crippen LogP contribution in [0.5, 0.6) is 0 Å². The summed E-state index contributed by atoms with van der Waals surface area (Å²) in [4.78, 5) is 40.3. The minimum Gasteiger partial charge on any atom is -0.463 e. The smallest absolute Gasteiger partial charge is 0.336 e. The third-order valence-corrected chi connectivity index (χ3v) is 6.46. The number of rotatable bonds is 7. The molecular weight excluding hydrogens is 495 g/mol. The number of carbonyl (C=O) groups is 3. The van der Waals surface area contributed by atoms with E-state index in [0.717, 1.165) is 11.1 Å². The van der Waals surface area contributed by atoms with Crippen LogP contribution in [0.1, 0.15) is 47.7 Å². The van der Waals surface area contributed by atoms with Gasteiger partial charge in [0.05, 0.1) is 18.7 Å². The van der Waals surface area contributed by atoms with Gasteiger partial charge in [0, 0.05) is 34.3 Å². The van der Waals surface area contributed by atoms with Gasteiger partial charge in [0.15, 0.2) is 0 Å². The maximum absolute atomic E-state index is 13.2. The third-order valence-electron chi connectivity index (χ3n) is 6.23. The zero-order valence-electron chi connectivity index (χ0n) is 20.5. The van der Waals surface area contributed by atoms with Crippen molar-refractivity contribution in [1.29, 1.82) is 0 Å². The minimum atomic E-state index is -0.463. The van der Waals surface area contributed by atoms with E-state index in [0.29, 0.717) is 27.5 Å². The standard InChI is InChI=1S/C29H26ClFN2O4/c1-3-37-29(36)27-18(2)33(26(34)16-25(27)21-5-4-6-22(30)15-21)17-19-7-9-20(10-8-19)28(35)32-24-13-11-23(31)12-14-24/h4-15,25H,3,16-17H2,1-2H3,(H,32,35). The first kappa shape index (κ1) is 26.1. The minimum absolute atomic E-state index is 0.101. The number of benzene rings is 3. The lowest BCUT2D eigenvalue weighted by atomic mass is 9.83. The number of hydrogen-bond acceptors (Lipinski definition) is 4. The van der Waals surface area contributed by atoms with Crippen molar-refractivity contribution in [2.45, 2.75) is 32.7 Å². The van der Waals surface area contributed by atoms with E-state index in [1.807, 2.05) is 6.07 Å². The largest absolute Gasteiger partial charge is 0.463 e. The number of carbonyl (C=O) groups excluding carboxylic acids is 3. The monoisotopic (exact) mass is 520 g/mol. The predicted molar refractivity (Wildman–Crippen MR) is 139 cm³/mol. The van der Waals surface area contributed by atoms with Crippen LogP contribution < -0.4 is 5.32 Å². The van der Waals surface area contributed by atoms with Crippen LogP contribution in [0.2, 0.25) is 5.02 Å². The van der Waals surface area contributed by atoms with Crippen LogP contribution >= 0.6 is 11.6 Å². The fraction of sp³-hybridized carbons (Fsp3) is 0.207. The average molecular weight is 521 g/mol. The molecule has 1 heterocycles. The van der Waals surface area contributed by atoms with Crippen molar-refractivity contribution in [3.05, 3.63) is 112 Å². The van der Waals surface area contributed by atoms with Gasteiger partial charge in [0.25, 0.3) is 5.91 Å². The summed E-state index contributed by atoms with van der Waals surface area (Å²) in [5.41, 5.74) is 3.42. The van der Waals surface area contributed by atoms with Gasteiger partial charge in [-0.1, -0.05) is 35.9 Å². The van der Waals surface area contributed by atoms with Crippen LogP contribution in [-0.4, -0.2) is 29.3 Å². The number of ether oxygens (including phenoxy) is 1. The number of esters is 1. The van der Waals surface area contributed by atoms with Crippen molar-refractivity contribution in [1.82, 2.24) is 4.90 Å². The molecule has 0 radical (unpaired) electrons. The number of nitrogens with one attached hydrogen (secondary N) is 1. The Labute approximate surface area is 219 Å². The molecule has 0 saturated carbocycles. The number of halogens is 2. The van der Waals surface area contributed by atoms with Crippen LogP contribution in [0.25, 0.3) is 0 Å². The Morgan fingerprint density at radius 3 is 2.43 bits per heavy atom. The molecular formula is C29H26ClFN2O4. The van der Waals surface area contributed by atoms with Crippen molar-refractivity contribution in [3.63, 3.8) is 0 Å². The van der Waals surface area contributed by atoms with Gasteiger partial charge in [-0.25, -0.2) is 9.18 Å². The van der Waals surface area contributed by atoms with Crippen molar-refractivity contribution in [2.75, 3.05) is 11.9 Å². The lowest BCUT2D eigenvalue weighted by molar-refractivity contribution is -0.140. The second kappa shape index (κ2) is 11.4. The van der Waals surface area contributed by atoms with Crippen LogP contribution in [0.4, 0.5) is 10.1 Å². The Morgan fingerprint density at radius 1 is 1.08 bits per heavy atom. The molecule has 1 aliphatic heterocycles.